The number of benzene rings is 2. The number of hydrogen-bond acceptors (Lipinski definition) is 3. The summed E-state index contributed by atoms with van der Waals surface area (Å²) in [5, 5.41) is 4.43. The molecule has 1 aliphatic rings. The van der Waals surface area contributed by atoms with Gasteiger partial charge in [0.05, 0.1) is 11.1 Å². The van der Waals surface area contributed by atoms with Crippen LogP contribution in [0.15, 0.2) is 54.9 Å². The zero-order valence-corrected chi connectivity index (χ0v) is 17.8. The Bertz CT molecular complexity index is 1390. The van der Waals surface area contributed by atoms with Crippen molar-refractivity contribution in [3.05, 3.63) is 71.5 Å². The first-order valence-corrected chi connectivity index (χ1v) is 10.3. The number of nitrogens with one attached hydrogen (secondary N) is 2. The van der Waals surface area contributed by atoms with E-state index >= 15 is 0 Å². The van der Waals surface area contributed by atoms with Crippen LogP contribution in [0.4, 0.5) is 0 Å². The van der Waals surface area contributed by atoms with Crippen LogP contribution in [0, 0.1) is 6.92 Å². The molecule has 31 heavy (non-hydrogen) atoms. The summed E-state index contributed by atoms with van der Waals surface area (Å²) >= 11 is 0. The number of likely N-dealkylation sites (N-methyl/N-ethyl adjacent to an activating group) is 1. The van der Waals surface area contributed by atoms with Crippen LogP contribution in [0.25, 0.3) is 33.0 Å². The Morgan fingerprint density at radius 1 is 0.935 bits per heavy atom. The van der Waals surface area contributed by atoms with Crippen LogP contribution in [0.1, 0.15) is 16.7 Å². The third kappa shape index (κ3) is 3.16. The Morgan fingerprint density at radius 2 is 1.68 bits per heavy atom. The van der Waals surface area contributed by atoms with E-state index in [2.05, 4.69) is 38.0 Å². The maximum absolute atomic E-state index is 13.0. The minimum Gasteiger partial charge on any atom is -0.361 e. The molecule has 2 amide bonds. The lowest BCUT2D eigenvalue weighted by atomic mass is 9.95. The Morgan fingerprint density at radius 3 is 2.45 bits per heavy atom. The van der Waals surface area contributed by atoms with E-state index in [1.165, 1.54) is 0 Å². The molecule has 4 aromatic rings. The number of para-hydroxylation sites is 1. The minimum atomic E-state index is -0.355. The monoisotopic (exact) mass is 412 g/mol. The van der Waals surface area contributed by atoms with Gasteiger partial charge in [-0.1, -0.05) is 29.8 Å². The van der Waals surface area contributed by atoms with Crippen LogP contribution < -0.4 is 5.32 Å². The summed E-state index contributed by atoms with van der Waals surface area (Å²) in [7, 11) is 4.08. The lowest BCUT2D eigenvalue weighted by Crippen LogP contribution is -2.22. The van der Waals surface area contributed by atoms with Gasteiger partial charge in [-0.05, 0) is 39.2 Å². The van der Waals surface area contributed by atoms with E-state index < -0.39 is 0 Å². The van der Waals surface area contributed by atoms with Crippen LogP contribution >= 0.6 is 0 Å². The third-order valence-corrected chi connectivity index (χ3v) is 5.88. The van der Waals surface area contributed by atoms with E-state index in [9.17, 15) is 9.59 Å². The SMILES string of the molecule is Cc1ccc2c(c1)c(C1=C(c3c[nH]c4ccccc34)C(=O)NC1=O)cn2CCN(C)C. The number of rotatable bonds is 5. The molecule has 0 saturated heterocycles. The maximum atomic E-state index is 13.0. The first-order valence-electron chi connectivity index (χ1n) is 10.3. The Kier molecular flexibility index (Phi) is 4.52. The number of hydrogen-bond donors (Lipinski definition) is 2. The van der Waals surface area contributed by atoms with Gasteiger partial charge in [0, 0.05) is 58.4 Å². The molecule has 0 spiro atoms. The standard InChI is InChI=1S/C25H24N4O2/c1-15-8-9-21-17(12-15)19(14-29(21)11-10-28(2)3)23-22(24(30)27-25(23)31)18-13-26-20-7-5-4-6-16(18)20/h4-9,12-14,26H,10-11H2,1-3H3,(H,27,30,31). The molecular weight excluding hydrogens is 388 g/mol. The van der Waals surface area contributed by atoms with Crippen molar-refractivity contribution in [3.8, 4) is 0 Å². The maximum Gasteiger partial charge on any atom is 0.259 e. The van der Waals surface area contributed by atoms with Crippen molar-refractivity contribution in [3.63, 3.8) is 0 Å². The predicted molar refractivity (Wildman–Crippen MR) is 123 cm³/mol. The van der Waals surface area contributed by atoms with E-state index in [-0.39, 0.29) is 11.8 Å². The molecule has 6 heteroatoms. The lowest BCUT2D eigenvalue weighted by Gasteiger charge is -2.11. The second-order valence-electron chi connectivity index (χ2n) is 8.34. The summed E-state index contributed by atoms with van der Waals surface area (Å²) in [6.45, 7) is 3.70. The van der Waals surface area contributed by atoms with Crippen molar-refractivity contribution in [1.82, 2.24) is 19.8 Å². The Balaban J connectivity index is 1.78. The van der Waals surface area contributed by atoms with E-state index in [1.54, 1.807) is 0 Å². The van der Waals surface area contributed by atoms with Crippen LogP contribution in [0.3, 0.4) is 0 Å². The number of imide groups is 1. The van der Waals surface area contributed by atoms with E-state index in [0.717, 1.165) is 51.6 Å². The zero-order chi connectivity index (χ0) is 21.7. The van der Waals surface area contributed by atoms with Crippen LogP contribution in [0.2, 0.25) is 0 Å². The van der Waals surface area contributed by atoms with E-state index in [0.29, 0.717) is 11.1 Å². The van der Waals surface area contributed by atoms with Crippen molar-refractivity contribution in [2.24, 2.45) is 0 Å². The van der Waals surface area contributed by atoms with Crippen molar-refractivity contribution in [2.75, 3.05) is 20.6 Å². The first kappa shape index (κ1) is 19.3. The molecule has 3 heterocycles. The molecule has 2 N–H and O–H groups in total. The summed E-state index contributed by atoms with van der Waals surface area (Å²) < 4.78 is 2.17. The fraction of sp³-hybridized carbons (Fsp3) is 0.200. The van der Waals surface area contributed by atoms with Crippen molar-refractivity contribution < 1.29 is 9.59 Å². The molecule has 2 aromatic heterocycles. The molecule has 2 aromatic carbocycles. The molecule has 156 valence electrons. The molecule has 0 fully saturated rings. The average molecular weight is 412 g/mol. The van der Waals surface area contributed by atoms with Gasteiger partial charge < -0.3 is 14.5 Å². The summed E-state index contributed by atoms with van der Waals surface area (Å²) in [5.41, 5.74) is 5.50. The molecule has 0 aliphatic carbocycles. The van der Waals surface area contributed by atoms with Gasteiger partial charge in [0.2, 0.25) is 0 Å². The van der Waals surface area contributed by atoms with Gasteiger partial charge in [-0.3, -0.25) is 14.9 Å². The van der Waals surface area contributed by atoms with Crippen LogP contribution in [-0.4, -0.2) is 46.9 Å². The molecule has 0 bridgehead atoms. The molecule has 6 nitrogen and oxygen atoms in total. The number of carbonyl (C=O) groups excluding carboxylic acids is 2. The number of amides is 2. The largest absolute Gasteiger partial charge is 0.361 e. The van der Waals surface area contributed by atoms with Crippen molar-refractivity contribution in [2.45, 2.75) is 13.5 Å². The lowest BCUT2D eigenvalue weighted by molar-refractivity contribution is -0.122. The second kappa shape index (κ2) is 7.25. The molecule has 0 radical (unpaired) electrons. The number of aromatic nitrogens is 2. The van der Waals surface area contributed by atoms with Gasteiger partial charge in [0.1, 0.15) is 0 Å². The van der Waals surface area contributed by atoms with Crippen LogP contribution in [0.5, 0.6) is 0 Å². The highest BCUT2D eigenvalue weighted by molar-refractivity contribution is 6.50. The number of carbonyl (C=O) groups is 2. The van der Waals surface area contributed by atoms with Gasteiger partial charge >= 0.3 is 0 Å². The summed E-state index contributed by atoms with van der Waals surface area (Å²) in [6.07, 6.45) is 3.82. The number of H-pyrrole nitrogens is 1. The second-order valence-corrected chi connectivity index (χ2v) is 8.34. The number of aromatic amines is 1. The normalized spacial score (nSPS) is 14.5. The van der Waals surface area contributed by atoms with Gasteiger partial charge in [-0.2, -0.15) is 0 Å². The zero-order valence-electron chi connectivity index (χ0n) is 17.8. The van der Waals surface area contributed by atoms with Gasteiger partial charge in [-0.25, -0.2) is 0 Å². The van der Waals surface area contributed by atoms with E-state index in [1.807, 2.05) is 57.7 Å². The summed E-state index contributed by atoms with van der Waals surface area (Å²) in [5.74, 6) is -0.704. The minimum absolute atomic E-state index is 0.349. The van der Waals surface area contributed by atoms with Crippen LogP contribution in [-0.2, 0) is 16.1 Å². The third-order valence-electron chi connectivity index (χ3n) is 5.88. The first-order chi connectivity index (χ1) is 14.9. The van der Waals surface area contributed by atoms with E-state index in [4.69, 9.17) is 0 Å². The molecule has 0 unspecified atom stereocenters. The summed E-state index contributed by atoms with van der Waals surface area (Å²) in [4.78, 5) is 31.3. The molecule has 5 rings (SSSR count). The topological polar surface area (TPSA) is 70.1 Å². The molecular formula is C25H24N4O2. The number of aryl methyl sites for hydroxylation is 1. The molecule has 0 saturated carbocycles. The molecule has 0 atom stereocenters. The average Bonchev–Trinajstić information content (AvgIpc) is 3.39. The number of fused-ring (bicyclic) bond motifs is 2. The Hall–Kier alpha value is -3.64. The summed E-state index contributed by atoms with van der Waals surface area (Å²) in [6, 6.07) is 14.1. The van der Waals surface area contributed by atoms with Gasteiger partial charge in [-0.15, -0.1) is 0 Å². The highest BCUT2D eigenvalue weighted by Gasteiger charge is 2.35. The quantitative estimate of drug-likeness (QED) is 0.493. The van der Waals surface area contributed by atoms with Gasteiger partial charge in [0.25, 0.3) is 11.8 Å². The highest BCUT2D eigenvalue weighted by Crippen LogP contribution is 2.38. The molecule has 1 aliphatic heterocycles. The predicted octanol–water partition coefficient (Wildman–Crippen LogP) is 3.56. The smallest absolute Gasteiger partial charge is 0.259 e. The van der Waals surface area contributed by atoms with Crippen molar-refractivity contribution >= 4 is 44.8 Å². The Labute approximate surface area is 180 Å². The van der Waals surface area contributed by atoms with Gasteiger partial charge in [0.15, 0.2) is 0 Å². The highest BCUT2D eigenvalue weighted by atomic mass is 16.2. The van der Waals surface area contributed by atoms with Crippen molar-refractivity contribution in [1.29, 1.82) is 0 Å². The fourth-order valence-corrected chi connectivity index (χ4v) is 4.35. The number of nitrogens with zero attached hydrogens (tertiary/aromatic N) is 2. The fourth-order valence-electron chi connectivity index (χ4n) is 4.35.